The van der Waals surface area contributed by atoms with E-state index in [1.807, 2.05) is 30.3 Å². The molecule has 0 saturated carbocycles. The summed E-state index contributed by atoms with van der Waals surface area (Å²) in [7, 11) is 0. The minimum atomic E-state index is 0.0638. The second kappa shape index (κ2) is 3.80. The second-order valence-electron chi connectivity index (χ2n) is 2.93. The minimum Gasteiger partial charge on any atom is -0.287 e. The van der Waals surface area contributed by atoms with Crippen LogP contribution in [0.1, 0.15) is 6.92 Å². The van der Waals surface area contributed by atoms with Crippen molar-refractivity contribution < 1.29 is 4.79 Å². The number of nitrogens with zero attached hydrogens (tertiary/aromatic N) is 1. The molecule has 0 aliphatic heterocycles. The SMILES string of the molecule is CC(=O)Sc1nccc2ccccc12. The fourth-order valence-electron chi connectivity index (χ4n) is 1.31. The Labute approximate surface area is 86.3 Å². The zero-order valence-electron chi connectivity index (χ0n) is 7.73. The molecule has 0 spiro atoms. The van der Waals surface area contributed by atoms with Crippen molar-refractivity contribution in [3.8, 4) is 0 Å². The standard InChI is InChI=1S/C11H9NOS/c1-8(13)14-11-10-5-3-2-4-9(10)6-7-12-11/h2-7H,1H3. The molecule has 0 fully saturated rings. The molecular weight excluding hydrogens is 194 g/mol. The molecule has 0 radical (unpaired) electrons. The highest BCUT2D eigenvalue weighted by molar-refractivity contribution is 8.13. The first kappa shape index (κ1) is 9.21. The van der Waals surface area contributed by atoms with Crippen LogP contribution in [-0.2, 0) is 4.79 Å². The van der Waals surface area contributed by atoms with E-state index < -0.39 is 0 Å². The molecule has 3 heteroatoms. The molecule has 0 amide bonds. The Morgan fingerprint density at radius 2 is 2.07 bits per heavy atom. The number of thioether (sulfide) groups is 1. The maximum absolute atomic E-state index is 11.0. The molecule has 2 nitrogen and oxygen atoms in total. The maximum Gasteiger partial charge on any atom is 0.192 e. The Hall–Kier alpha value is -1.35. The number of pyridine rings is 1. The zero-order valence-corrected chi connectivity index (χ0v) is 8.54. The van der Waals surface area contributed by atoms with Gasteiger partial charge in [-0.3, -0.25) is 4.79 Å². The molecule has 1 heterocycles. The van der Waals surface area contributed by atoms with Crippen molar-refractivity contribution in [3.05, 3.63) is 36.5 Å². The molecule has 0 unspecified atom stereocenters. The summed E-state index contributed by atoms with van der Waals surface area (Å²) < 4.78 is 0. The van der Waals surface area contributed by atoms with E-state index in [-0.39, 0.29) is 5.12 Å². The van der Waals surface area contributed by atoms with Gasteiger partial charge in [-0.15, -0.1) is 0 Å². The number of hydrogen-bond donors (Lipinski definition) is 0. The van der Waals surface area contributed by atoms with E-state index in [2.05, 4.69) is 4.98 Å². The van der Waals surface area contributed by atoms with Crippen LogP contribution in [0.3, 0.4) is 0 Å². The molecule has 0 aliphatic rings. The van der Waals surface area contributed by atoms with Crippen LogP contribution in [0, 0.1) is 0 Å². The van der Waals surface area contributed by atoms with Crippen LogP contribution < -0.4 is 0 Å². The lowest BCUT2D eigenvalue weighted by atomic mass is 10.2. The van der Waals surface area contributed by atoms with Crippen LogP contribution in [0.25, 0.3) is 10.8 Å². The van der Waals surface area contributed by atoms with E-state index in [1.54, 1.807) is 13.1 Å². The Morgan fingerprint density at radius 1 is 1.29 bits per heavy atom. The number of aromatic nitrogens is 1. The number of benzene rings is 1. The van der Waals surface area contributed by atoms with Gasteiger partial charge in [0.1, 0.15) is 5.03 Å². The third-order valence-electron chi connectivity index (χ3n) is 1.88. The smallest absolute Gasteiger partial charge is 0.192 e. The van der Waals surface area contributed by atoms with Crippen LogP contribution in [0.15, 0.2) is 41.6 Å². The van der Waals surface area contributed by atoms with Crippen LogP contribution in [0.5, 0.6) is 0 Å². The van der Waals surface area contributed by atoms with Gasteiger partial charge in [0, 0.05) is 18.5 Å². The van der Waals surface area contributed by atoms with Crippen molar-refractivity contribution in [1.29, 1.82) is 0 Å². The van der Waals surface area contributed by atoms with Gasteiger partial charge < -0.3 is 0 Å². The Kier molecular flexibility index (Phi) is 2.50. The first-order chi connectivity index (χ1) is 6.77. The van der Waals surface area contributed by atoms with Crippen molar-refractivity contribution in [2.24, 2.45) is 0 Å². The van der Waals surface area contributed by atoms with E-state index in [9.17, 15) is 4.79 Å². The topological polar surface area (TPSA) is 30.0 Å². The zero-order chi connectivity index (χ0) is 9.97. The van der Waals surface area contributed by atoms with Gasteiger partial charge in [-0.25, -0.2) is 4.98 Å². The first-order valence-corrected chi connectivity index (χ1v) is 5.11. The van der Waals surface area contributed by atoms with E-state index >= 15 is 0 Å². The van der Waals surface area contributed by atoms with Gasteiger partial charge in [0.25, 0.3) is 0 Å². The summed E-state index contributed by atoms with van der Waals surface area (Å²) in [6, 6.07) is 9.87. The van der Waals surface area contributed by atoms with Gasteiger partial charge >= 0.3 is 0 Å². The highest BCUT2D eigenvalue weighted by Crippen LogP contribution is 2.25. The Balaban J connectivity index is 2.59. The van der Waals surface area contributed by atoms with Gasteiger partial charge in [-0.05, 0) is 23.2 Å². The predicted octanol–water partition coefficient (Wildman–Crippen LogP) is 2.87. The van der Waals surface area contributed by atoms with Crippen LogP contribution in [0.4, 0.5) is 0 Å². The molecule has 0 N–H and O–H groups in total. The molecule has 2 aromatic rings. The number of carbonyl (C=O) groups excluding carboxylic acids is 1. The second-order valence-corrected chi connectivity index (χ2v) is 4.10. The predicted molar refractivity (Wildman–Crippen MR) is 58.3 cm³/mol. The third-order valence-corrected chi connectivity index (χ3v) is 2.68. The Morgan fingerprint density at radius 3 is 2.86 bits per heavy atom. The highest BCUT2D eigenvalue weighted by Gasteiger charge is 2.04. The van der Waals surface area contributed by atoms with Crippen molar-refractivity contribution in [3.63, 3.8) is 0 Å². The number of carbonyl (C=O) groups is 1. The first-order valence-electron chi connectivity index (χ1n) is 4.29. The Bertz CT molecular complexity index is 476. The summed E-state index contributed by atoms with van der Waals surface area (Å²) >= 11 is 1.18. The normalized spacial score (nSPS) is 10.4. The molecule has 1 aromatic heterocycles. The van der Waals surface area contributed by atoms with Crippen molar-refractivity contribution in [1.82, 2.24) is 4.98 Å². The summed E-state index contributed by atoms with van der Waals surface area (Å²) in [5.74, 6) is 0. The third kappa shape index (κ3) is 1.77. The van der Waals surface area contributed by atoms with Gasteiger partial charge in [0.05, 0.1) is 0 Å². The van der Waals surface area contributed by atoms with E-state index in [0.29, 0.717) is 0 Å². The largest absolute Gasteiger partial charge is 0.287 e. The molecule has 70 valence electrons. The van der Waals surface area contributed by atoms with Crippen molar-refractivity contribution >= 4 is 27.6 Å². The van der Waals surface area contributed by atoms with Gasteiger partial charge in [-0.1, -0.05) is 24.3 Å². The summed E-state index contributed by atoms with van der Waals surface area (Å²) in [5, 5.41) is 3.01. The van der Waals surface area contributed by atoms with Gasteiger partial charge in [0.15, 0.2) is 5.12 Å². The molecule has 0 saturated heterocycles. The molecule has 0 aliphatic carbocycles. The van der Waals surface area contributed by atoms with E-state index in [1.165, 1.54) is 11.8 Å². The number of fused-ring (bicyclic) bond motifs is 1. The molecule has 14 heavy (non-hydrogen) atoms. The molecular formula is C11H9NOS. The van der Waals surface area contributed by atoms with E-state index in [0.717, 1.165) is 15.8 Å². The molecule has 0 bridgehead atoms. The molecule has 1 aromatic carbocycles. The maximum atomic E-state index is 11.0. The lowest BCUT2D eigenvalue weighted by molar-refractivity contribution is -0.109. The lowest BCUT2D eigenvalue weighted by Crippen LogP contribution is -1.86. The van der Waals surface area contributed by atoms with Gasteiger partial charge in [0.2, 0.25) is 0 Å². The minimum absolute atomic E-state index is 0.0638. The fourth-order valence-corrected chi connectivity index (χ4v) is 1.99. The van der Waals surface area contributed by atoms with Crippen LogP contribution >= 0.6 is 11.8 Å². The summed E-state index contributed by atoms with van der Waals surface area (Å²) in [4.78, 5) is 15.2. The summed E-state index contributed by atoms with van der Waals surface area (Å²) in [5.41, 5.74) is 0. The summed E-state index contributed by atoms with van der Waals surface area (Å²) in [6.07, 6.45) is 1.73. The average Bonchev–Trinajstić information content (AvgIpc) is 2.18. The highest BCUT2D eigenvalue weighted by atomic mass is 32.2. The van der Waals surface area contributed by atoms with E-state index in [4.69, 9.17) is 0 Å². The van der Waals surface area contributed by atoms with Crippen LogP contribution in [0.2, 0.25) is 0 Å². The lowest BCUT2D eigenvalue weighted by Gasteiger charge is -2.01. The number of hydrogen-bond acceptors (Lipinski definition) is 3. The molecule has 0 atom stereocenters. The van der Waals surface area contributed by atoms with Crippen LogP contribution in [-0.4, -0.2) is 10.1 Å². The number of rotatable bonds is 1. The quantitative estimate of drug-likeness (QED) is 0.667. The van der Waals surface area contributed by atoms with Gasteiger partial charge in [-0.2, -0.15) is 0 Å². The average molecular weight is 203 g/mol. The fraction of sp³-hybridized carbons (Fsp3) is 0.0909. The summed E-state index contributed by atoms with van der Waals surface area (Å²) in [6.45, 7) is 1.55. The molecule has 2 rings (SSSR count). The monoisotopic (exact) mass is 203 g/mol. The van der Waals surface area contributed by atoms with Crippen molar-refractivity contribution in [2.45, 2.75) is 11.9 Å². The van der Waals surface area contributed by atoms with Crippen molar-refractivity contribution in [2.75, 3.05) is 0 Å².